The van der Waals surface area contributed by atoms with Crippen LogP contribution < -0.4 is 5.73 Å². The molecule has 1 rings (SSSR count). The Labute approximate surface area is 77.7 Å². The zero-order valence-corrected chi connectivity index (χ0v) is 8.03. The van der Waals surface area contributed by atoms with E-state index < -0.39 is 0 Å². The van der Waals surface area contributed by atoms with Crippen LogP contribution in [0.3, 0.4) is 0 Å². The van der Waals surface area contributed by atoms with Crippen molar-refractivity contribution in [2.45, 2.75) is 11.3 Å². The van der Waals surface area contributed by atoms with E-state index >= 15 is 0 Å². The molecule has 0 saturated heterocycles. The third-order valence-electron chi connectivity index (χ3n) is 1.67. The summed E-state index contributed by atoms with van der Waals surface area (Å²) in [4.78, 5) is 1.14. The van der Waals surface area contributed by atoms with E-state index in [0.29, 0.717) is 0 Å². The fourth-order valence-corrected chi connectivity index (χ4v) is 1.58. The number of hydrogen-bond donors (Lipinski definition) is 1. The molecule has 0 amide bonds. The lowest BCUT2D eigenvalue weighted by Crippen LogP contribution is -1.90. The van der Waals surface area contributed by atoms with Crippen molar-refractivity contribution in [1.82, 2.24) is 0 Å². The topological polar surface area (TPSA) is 26.0 Å². The molecule has 1 aromatic rings. The number of nitrogens with two attached hydrogens (primary N) is 1. The quantitative estimate of drug-likeness (QED) is 0.438. The van der Waals surface area contributed by atoms with Crippen molar-refractivity contribution in [2.24, 2.45) is 0 Å². The number of thioether (sulfide) groups is 1. The van der Waals surface area contributed by atoms with E-state index in [9.17, 15) is 0 Å². The van der Waals surface area contributed by atoms with E-state index in [2.05, 4.69) is 18.7 Å². The highest BCUT2D eigenvalue weighted by molar-refractivity contribution is 7.98. The van der Waals surface area contributed by atoms with E-state index in [1.165, 1.54) is 5.56 Å². The van der Waals surface area contributed by atoms with Gasteiger partial charge in [-0.25, -0.2) is 0 Å². The van der Waals surface area contributed by atoms with Crippen LogP contribution in [0.1, 0.15) is 5.56 Å². The first-order chi connectivity index (χ1) is 5.77. The first kappa shape index (κ1) is 9.20. The monoisotopic (exact) mass is 179 g/mol. The van der Waals surface area contributed by atoms with E-state index in [0.717, 1.165) is 17.0 Å². The molecule has 2 N–H and O–H groups in total. The average molecular weight is 179 g/mol. The highest BCUT2D eigenvalue weighted by atomic mass is 32.2. The fourth-order valence-electron chi connectivity index (χ4n) is 1.08. The Morgan fingerprint density at radius 1 is 1.58 bits per heavy atom. The van der Waals surface area contributed by atoms with E-state index in [1.54, 1.807) is 11.8 Å². The van der Waals surface area contributed by atoms with E-state index in [1.807, 2.05) is 18.4 Å². The molecule has 0 aliphatic carbocycles. The van der Waals surface area contributed by atoms with Crippen LogP contribution in [0.2, 0.25) is 0 Å². The molecule has 0 bridgehead atoms. The van der Waals surface area contributed by atoms with Gasteiger partial charge in [0.05, 0.1) is 0 Å². The first-order valence-corrected chi connectivity index (χ1v) is 5.03. The number of allylic oxidation sites excluding steroid dienone is 1. The van der Waals surface area contributed by atoms with Gasteiger partial charge in [0.2, 0.25) is 0 Å². The highest BCUT2D eigenvalue weighted by Crippen LogP contribution is 2.23. The summed E-state index contributed by atoms with van der Waals surface area (Å²) in [6.45, 7) is 3.68. The number of rotatable bonds is 3. The first-order valence-electron chi connectivity index (χ1n) is 3.81. The van der Waals surface area contributed by atoms with Gasteiger partial charge in [-0.2, -0.15) is 0 Å². The van der Waals surface area contributed by atoms with Gasteiger partial charge in [-0.05, 0) is 30.4 Å². The van der Waals surface area contributed by atoms with Crippen molar-refractivity contribution >= 4 is 17.4 Å². The van der Waals surface area contributed by atoms with Gasteiger partial charge in [-0.15, -0.1) is 18.3 Å². The molecule has 2 heteroatoms. The largest absolute Gasteiger partial charge is 0.398 e. The molecule has 1 aromatic carbocycles. The van der Waals surface area contributed by atoms with Crippen LogP contribution in [-0.4, -0.2) is 6.26 Å². The lowest BCUT2D eigenvalue weighted by molar-refractivity contribution is 1.26. The molecule has 0 radical (unpaired) electrons. The summed E-state index contributed by atoms with van der Waals surface area (Å²) in [5.74, 6) is 0. The van der Waals surface area contributed by atoms with Gasteiger partial charge in [-0.1, -0.05) is 12.1 Å². The lowest BCUT2D eigenvalue weighted by atomic mass is 10.1. The van der Waals surface area contributed by atoms with Crippen LogP contribution in [0.4, 0.5) is 5.69 Å². The molecular weight excluding hydrogens is 166 g/mol. The minimum absolute atomic E-state index is 0.863. The Kier molecular flexibility index (Phi) is 3.23. The minimum Gasteiger partial charge on any atom is -0.398 e. The number of anilines is 1. The van der Waals surface area contributed by atoms with Gasteiger partial charge in [0.15, 0.2) is 0 Å². The summed E-state index contributed by atoms with van der Waals surface area (Å²) in [5.41, 5.74) is 7.89. The molecule has 0 fully saturated rings. The average Bonchev–Trinajstić information content (AvgIpc) is 2.05. The minimum atomic E-state index is 0.863. The molecular formula is C10H13NS. The number of benzene rings is 1. The zero-order chi connectivity index (χ0) is 8.97. The molecule has 0 saturated carbocycles. The summed E-state index contributed by atoms with van der Waals surface area (Å²) in [5, 5.41) is 0. The molecule has 0 aromatic heterocycles. The van der Waals surface area contributed by atoms with E-state index in [4.69, 9.17) is 5.73 Å². The second-order valence-electron chi connectivity index (χ2n) is 2.57. The van der Waals surface area contributed by atoms with Crippen LogP contribution in [0.5, 0.6) is 0 Å². The van der Waals surface area contributed by atoms with Crippen molar-refractivity contribution in [3.63, 3.8) is 0 Å². The number of nitrogen functional groups attached to an aromatic ring is 1. The fraction of sp³-hybridized carbons (Fsp3) is 0.200. The number of hydrogen-bond acceptors (Lipinski definition) is 2. The third kappa shape index (κ3) is 2.05. The van der Waals surface area contributed by atoms with Gasteiger partial charge < -0.3 is 5.73 Å². The van der Waals surface area contributed by atoms with Crippen LogP contribution >= 0.6 is 11.8 Å². The normalized spacial score (nSPS) is 9.75. The Morgan fingerprint density at radius 3 is 2.83 bits per heavy atom. The molecule has 0 atom stereocenters. The van der Waals surface area contributed by atoms with Gasteiger partial charge in [-0.3, -0.25) is 0 Å². The molecule has 0 unspecified atom stereocenters. The molecule has 12 heavy (non-hydrogen) atoms. The standard InChI is InChI=1S/C10H13NS/c1-3-4-8-5-6-10(12-2)9(11)7-8/h3,5-7H,1,4,11H2,2H3. The molecule has 0 spiro atoms. The Bertz CT molecular complexity index is 281. The van der Waals surface area contributed by atoms with Crippen LogP contribution in [0.15, 0.2) is 35.7 Å². The van der Waals surface area contributed by atoms with Gasteiger partial charge >= 0.3 is 0 Å². The summed E-state index contributed by atoms with van der Waals surface area (Å²) >= 11 is 1.67. The SMILES string of the molecule is C=CCc1ccc(SC)c(N)c1. The van der Waals surface area contributed by atoms with Gasteiger partial charge in [0.25, 0.3) is 0 Å². The maximum atomic E-state index is 5.81. The van der Waals surface area contributed by atoms with Crippen LogP contribution in [-0.2, 0) is 6.42 Å². The Hall–Kier alpha value is -0.890. The molecule has 64 valence electrons. The molecule has 0 aliphatic heterocycles. The summed E-state index contributed by atoms with van der Waals surface area (Å²) in [6.07, 6.45) is 4.80. The summed E-state index contributed by atoms with van der Waals surface area (Å²) in [7, 11) is 0. The predicted octanol–water partition coefficient (Wildman–Crippen LogP) is 2.72. The summed E-state index contributed by atoms with van der Waals surface area (Å²) < 4.78 is 0. The van der Waals surface area contributed by atoms with Crippen molar-refractivity contribution in [3.8, 4) is 0 Å². The van der Waals surface area contributed by atoms with Crippen molar-refractivity contribution in [2.75, 3.05) is 12.0 Å². The van der Waals surface area contributed by atoms with Gasteiger partial charge in [0.1, 0.15) is 0 Å². The van der Waals surface area contributed by atoms with Crippen LogP contribution in [0.25, 0.3) is 0 Å². The smallest absolute Gasteiger partial charge is 0.0454 e. The maximum Gasteiger partial charge on any atom is 0.0454 e. The van der Waals surface area contributed by atoms with E-state index in [-0.39, 0.29) is 0 Å². The van der Waals surface area contributed by atoms with Gasteiger partial charge in [0, 0.05) is 10.6 Å². The van der Waals surface area contributed by atoms with Crippen molar-refractivity contribution in [1.29, 1.82) is 0 Å². The predicted molar refractivity (Wildman–Crippen MR) is 56.5 cm³/mol. The second kappa shape index (κ2) is 4.21. The lowest BCUT2D eigenvalue weighted by Gasteiger charge is -2.03. The molecule has 0 heterocycles. The maximum absolute atomic E-state index is 5.81. The van der Waals surface area contributed by atoms with Crippen LogP contribution in [0, 0.1) is 0 Å². The third-order valence-corrected chi connectivity index (χ3v) is 2.49. The molecule has 1 nitrogen and oxygen atoms in total. The molecule has 0 aliphatic rings. The Morgan fingerprint density at radius 2 is 2.33 bits per heavy atom. The Balaban J connectivity index is 2.93. The zero-order valence-electron chi connectivity index (χ0n) is 7.21. The highest BCUT2D eigenvalue weighted by Gasteiger charge is 1.97. The summed E-state index contributed by atoms with van der Waals surface area (Å²) in [6, 6.07) is 6.15. The van der Waals surface area contributed by atoms with Crippen molar-refractivity contribution in [3.05, 3.63) is 36.4 Å². The second-order valence-corrected chi connectivity index (χ2v) is 3.42. The van der Waals surface area contributed by atoms with Crippen molar-refractivity contribution < 1.29 is 0 Å².